The topological polar surface area (TPSA) is 21.3 Å². The lowest BCUT2D eigenvalue weighted by molar-refractivity contribution is 0.00653. The van der Waals surface area contributed by atoms with Crippen LogP contribution in [-0.4, -0.2) is 19.2 Å². The zero-order valence-corrected chi connectivity index (χ0v) is 15.1. The Hall–Kier alpha value is -1.85. The Morgan fingerprint density at radius 3 is 2.62 bits per heavy atom. The number of alkyl halides is 2. The van der Waals surface area contributed by atoms with Crippen LogP contribution >= 0.6 is 0 Å². The quantitative estimate of drug-likeness (QED) is 0.803. The van der Waals surface area contributed by atoms with Gasteiger partial charge >= 0.3 is 0 Å². The molecule has 0 amide bonds. The highest BCUT2D eigenvalue weighted by Gasteiger charge is 2.28. The molecular weight excluding hydrogens is 339 g/mol. The summed E-state index contributed by atoms with van der Waals surface area (Å²) < 4.78 is 45.2. The minimum Gasteiger partial charge on any atom is -0.373 e. The van der Waals surface area contributed by atoms with Crippen LogP contribution in [0.4, 0.5) is 13.2 Å². The molecule has 0 spiro atoms. The molecule has 2 nitrogen and oxygen atoms in total. The van der Waals surface area contributed by atoms with Crippen LogP contribution < -0.4 is 5.32 Å². The van der Waals surface area contributed by atoms with Gasteiger partial charge in [-0.15, -0.1) is 0 Å². The molecule has 1 aliphatic rings. The van der Waals surface area contributed by atoms with Crippen molar-refractivity contribution < 1.29 is 17.9 Å². The van der Waals surface area contributed by atoms with E-state index in [0.717, 1.165) is 41.8 Å². The van der Waals surface area contributed by atoms with Crippen molar-refractivity contribution in [3.05, 3.63) is 70.0 Å². The van der Waals surface area contributed by atoms with Gasteiger partial charge in [0.2, 0.25) is 0 Å². The number of aryl methyl sites for hydroxylation is 2. The first-order valence-corrected chi connectivity index (χ1v) is 8.91. The van der Waals surface area contributed by atoms with E-state index in [1.807, 2.05) is 19.9 Å². The summed E-state index contributed by atoms with van der Waals surface area (Å²) in [4.78, 5) is 0. The molecule has 1 saturated heterocycles. The van der Waals surface area contributed by atoms with E-state index in [4.69, 9.17) is 4.74 Å². The highest BCUT2D eigenvalue weighted by atomic mass is 19.3. The van der Waals surface area contributed by atoms with Gasteiger partial charge in [0.25, 0.3) is 6.43 Å². The second kappa shape index (κ2) is 8.23. The molecule has 2 atom stereocenters. The lowest BCUT2D eigenvalue weighted by atomic mass is 9.86. The molecule has 0 aromatic heterocycles. The van der Waals surface area contributed by atoms with E-state index >= 15 is 0 Å². The van der Waals surface area contributed by atoms with Gasteiger partial charge in [-0.3, -0.25) is 0 Å². The smallest absolute Gasteiger partial charge is 0.263 e. The van der Waals surface area contributed by atoms with Crippen molar-refractivity contribution in [2.45, 2.75) is 45.3 Å². The summed E-state index contributed by atoms with van der Waals surface area (Å²) in [6.45, 7) is 5.77. The van der Waals surface area contributed by atoms with Crippen molar-refractivity contribution in [1.29, 1.82) is 0 Å². The summed E-state index contributed by atoms with van der Waals surface area (Å²) in [7, 11) is 0. The molecule has 1 aliphatic heterocycles. The van der Waals surface area contributed by atoms with E-state index in [9.17, 15) is 13.2 Å². The van der Waals surface area contributed by atoms with Gasteiger partial charge in [0.1, 0.15) is 5.82 Å². The van der Waals surface area contributed by atoms with Crippen LogP contribution in [0.2, 0.25) is 0 Å². The molecule has 2 unspecified atom stereocenters. The number of ether oxygens (including phenoxy) is 1. The maximum Gasteiger partial charge on any atom is 0.263 e. The van der Waals surface area contributed by atoms with Crippen molar-refractivity contribution in [2.75, 3.05) is 13.1 Å². The van der Waals surface area contributed by atoms with E-state index in [2.05, 4.69) is 5.32 Å². The number of hydrogen-bond acceptors (Lipinski definition) is 2. The van der Waals surface area contributed by atoms with Gasteiger partial charge < -0.3 is 10.1 Å². The largest absolute Gasteiger partial charge is 0.373 e. The van der Waals surface area contributed by atoms with E-state index < -0.39 is 6.43 Å². The Morgan fingerprint density at radius 2 is 1.92 bits per heavy atom. The second-order valence-electron chi connectivity index (χ2n) is 6.94. The molecular formula is C21H24F3NO. The third kappa shape index (κ3) is 4.27. The number of nitrogens with one attached hydrogen (secondary N) is 1. The number of hydrogen-bond donors (Lipinski definition) is 1. The van der Waals surface area contributed by atoms with E-state index in [-0.39, 0.29) is 23.4 Å². The van der Waals surface area contributed by atoms with Crippen molar-refractivity contribution in [3.63, 3.8) is 0 Å². The third-order valence-corrected chi connectivity index (χ3v) is 5.12. The molecule has 2 aromatic rings. The van der Waals surface area contributed by atoms with Crippen LogP contribution in [0.3, 0.4) is 0 Å². The average Bonchev–Trinajstić information content (AvgIpc) is 2.61. The lowest BCUT2D eigenvalue weighted by Crippen LogP contribution is -2.40. The molecule has 0 saturated carbocycles. The predicted molar refractivity (Wildman–Crippen MR) is 96.1 cm³/mol. The first-order valence-electron chi connectivity index (χ1n) is 8.91. The van der Waals surface area contributed by atoms with Crippen molar-refractivity contribution in [2.24, 2.45) is 0 Å². The van der Waals surface area contributed by atoms with Gasteiger partial charge in [-0.25, -0.2) is 13.2 Å². The van der Waals surface area contributed by atoms with E-state index in [0.29, 0.717) is 6.61 Å². The monoisotopic (exact) mass is 363 g/mol. The molecule has 5 heteroatoms. The molecule has 2 aromatic carbocycles. The first kappa shape index (κ1) is 18.9. The molecule has 3 rings (SSSR count). The van der Waals surface area contributed by atoms with Crippen LogP contribution in [0, 0.1) is 19.7 Å². The van der Waals surface area contributed by atoms with Crippen molar-refractivity contribution in [1.82, 2.24) is 5.32 Å². The van der Waals surface area contributed by atoms with Crippen LogP contribution in [0.25, 0.3) is 0 Å². The fourth-order valence-electron chi connectivity index (χ4n) is 3.61. The van der Waals surface area contributed by atoms with Gasteiger partial charge in [-0.2, -0.15) is 0 Å². The summed E-state index contributed by atoms with van der Waals surface area (Å²) in [5.41, 5.74) is 3.78. The predicted octanol–water partition coefficient (Wildman–Crippen LogP) is 5.04. The van der Waals surface area contributed by atoms with E-state index in [1.165, 1.54) is 18.2 Å². The second-order valence-corrected chi connectivity index (χ2v) is 6.94. The SMILES string of the molecule is Cc1cc(C(F)F)ccc1COC1CCNCC1c1ccc(F)cc1C. The summed E-state index contributed by atoms with van der Waals surface area (Å²) in [5, 5.41) is 3.38. The van der Waals surface area contributed by atoms with Gasteiger partial charge in [0, 0.05) is 18.0 Å². The Morgan fingerprint density at radius 1 is 1.12 bits per heavy atom. The van der Waals surface area contributed by atoms with Crippen molar-refractivity contribution >= 4 is 0 Å². The molecule has 1 heterocycles. The minimum absolute atomic E-state index is 0.00888. The summed E-state index contributed by atoms with van der Waals surface area (Å²) >= 11 is 0. The molecule has 1 N–H and O–H groups in total. The Bertz CT molecular complexity index is 763. The molecule has 140 valence electrons. The van der Waals surface area contributed by atoms with Gasteiger partial charge in [0.15, 0.2) is 0 Å². The van der Waals surface area contributed by atoms with Crippen LogP contribution in [-0.2, 0) is 11.3 Å². The highest BCUT2D eigenvalue weighted by molar-refractivity contribution is 5.33. The summed E-state index contributed by atoms with van der Waals surface area (Å²) in [5.74, 6) is -0.0905. The fourth-order valence-corrected chi connectivity index (χ4v) is 3.61. The molecule has 1 fully saturated rings. The first-order chi connectivity index (χ1) is 12.5. The average molecular weight is 363 g/mol. The highest BCUT2D eigenvalue weighted by Crippen LogP contribution is 2.30. The Labute approximate surface area is 152 Å². The molecule has 0 bridgehead atoms. The fraction of sp³-hybridized carbons (Fsp3) is 0.429. The number of piperidine rings is 1. The Kier molecular flexibility index (Phi) is 5.99. The van der Waals surface area contributed by atoms with Crippen LogP contribution in [0.5, 0.6) is 0 Å². The number of halogens is 3. The molecule has 0 aliphatic carbocycles. The van der Waals surface area contributed by atoms with E-state index in [1.54, 1.807) is 12.1 Å². The maximum atomic E-state index is 13.4. The molecule has 26 heavy (non-hydrogen) atoms. The molecule has 0 radical (unpaired) electrons. The van der Waals surface area contributed by atoms with Gasteiger partial charge in [-0.05, 0) is 61.2 Å². The van der Waals surface area contributed by atoms with Crippen LogP contribution in [0.1, 0.15) is 46.6 Å². The standard InChI is InChI=1S/C21H24F3NO/c1-13-9-15(21(23)24)3-4-16(13)12-26-20-7-8-25-11-19(20)18-6-5-17(22)10-14(18)2/h3-6,9-10,19-21,25H,7-8,11-12H2,1-2H3. The van der Waals surface area contributed by atoms with Crippen LogP contribution in [0.15, 0.2) is 36.4 Å². The summed E-state index contributed by atoms with van der Waals surface area (Å²) in [6.07, 6.45) is -1.59. The lowest BCUT2D eigenvalue weighted by Gasteiger charge is -2.33. The minimum atomic E-state index is -2.46. The number of rotatable bonds is 5. The van der Waals surface area contributed by atoms with Crippen molar-refractivity contribution in [3.8, 4) is 0 Å². The normalized spacial score (nSPS) is 20.5. The Balaban J connectivity index is 1.73. The van der Waals surface area contributed by atoms with Gasteiger partial charge in [0.05, 0.1) is 12.7 Å². The number of benzene rings is 2. The van der Waals surface area contributed by atoms with Gasteiger partial charge in [-0.1, -0.05) is 24.3 Å². The summed E-state index contributed by atoms with van der Waals surface area (Å²) in [6, 6.07) is 9.57. The third-order valence-electron chi connectivity index (χ3n) is 5.12. The maximum absolute atomic E-state index is 13.4. The zero-order valence-electron chi connectivity index (χ0n) is 15.1. The zero-order chi connectivity index (χ0) is 18.7.